The molecule has 1 saturated heterocycles. The Morgan fingerprint density at radius 3 is 2.67 bits per heavy atom. The molecule has 80 valence electrons. The minimum absolute atomic E-state index is 0.00478. The van der Waals surface area contributed by atoms with E-state index in [-0.39, 0.29) is 11.2 Å². The van der Waals surface area contributed by atoms with Crippen LogP contribution in [0, 0.1) is 11.2 Å². The Hall–Kier alpha value is -0.935. The van der Waals surface area contributed by atoms with E-state index in [0.29, 0.717) is 18.7 Å². The van der Waals surface area contributed by atoms with Crippen molar-refractivity contribution in [2.24, 2.45) is 5.41 Å². The molecule has 0 aliphatic carbocycles. The maximum atomic E-state index is 13.4. The number of halogens is 1. The molecule has 0 atom stereocenters. The van der Waals surface area contributed by atoms with Crippen molar-refractivity contribution in [3.05, 3.63) is 24.3 Å². The lowest BCUT2D eigenvalue weighted by atomic mass is 9.76. The van der Waals surface area contributed by atoms with Gasteiger partial charge >= 0.3 is 7.12 Å². The summed E-state index contributed by atoms with van der Waals surface area (Å²) in [4.78, 5) is 3.86. The first-order valence-corrected chi connectivity index (χ1v) is 4.91. The Kier molecular flexibility index (Phi) is 2.75. The quantitative estimate of drug-likeness (QED) is 0.646. The second kappa shape index (κ2) is 3.91. The van der Waals surface area contributed by atoms with Gasteiger partial charge in [0.15, 0.2) is 0 Å². The third-order valence-electron chi connectivity index (χ3n) is 2.30. The monoisotopic (exact) mass is 209 g/mol. The van der Waals surface area contributed by atoms with Crippen molar-refractivity contribution in [2.75, 3.05) is 13.2 Å². The molecule has 0 saturated carbocycles. The molecule has 0 bridgehead atoms. The van der Waals surface area contributed by atoms with Gasteiger partial charge in [0.2, 0.25) is 0 Å². The first-order chi connectivity index (χ1) is 7.08. The van der Waals surface area contributed by atoms with Crippen LogP contribution in [0.5, 0.6) is 0 Å². The highest BCUT2D eigenvalue weighted by molar-refractivity contribution is 6.61. The molecule has 0 amide bonds. The summed E-state index contributed by atoms with van der Waals surface area (Å²) in [6.07, 6.45) is 2.85. The van der Waals surface area contributed by atoms with Gasteiger partial charge in [0, 0.05) is 36.5 Å². The van der Waals surface area contributed by atoms with Crippen molar-refractivity contribution in [3.63, 3.8) is 0 Å². The predicted molar refractivity (Wildman–Crippen MR) is 55.3 cm³/mol. The molecule has 5 heteroatoms. The molecule has 15 heavy (non-hydrogen) atoms. The van der Waals surface area contributed by atoms with Crippen LogP contribution in [0.1, 0.15) is 13.8 Å². The van der Waals surface area contributed by atoms with E-state index in [1.165, 1.54) is 18.5 Å². The number of aromatic nitrogens is 1. The highest BCUT2D eigenvalue weighted by Gasteiger charge is 2.35. The zero-order valence-electron chi connectivity index (χ0n) is 8.87. The number of pyridine rings is 1. The highest BCUT2D eigenvalue weighted by atomic mass is 19.1. The lowest BCUT2D eigenvalue weighted by Gasteiger charge is -2.33. The number of rotatable bonds is 1. The van der Waals surface area contributed by atoms with E-state index >= 15 is 0 Å². The Labute approximate surface area is 88.8 Å². The minimum atomic E-state index is -0.619. The van der Waals surface area contributed by atoms with Gasteiger partial charge in [-0.25, -0.2) is 4.39 Å². The van der Waals surface area contributed by atoms with Crippen molar-refractivity contribution >= 4 is 12.6 Å². The van der Waals surface area contributed by atoms with Gasteiger partial charge in [-0.15, -0.1) is 0 Å². The van der Waals surface area contributed by atoms with Crippen molar-refractivity contribution in [1.82, 2.24) is 4.98 Å². The van der Waals surface area contributed by atoms with E-state index < -0.39 is 7.12 Å². The smallest absolute Gasteiger partial charge is 0.407 e. The zero-order chi connectivity index (χ0) is 10.9. The Morgan fingerprint density at radius 2 is 2.07 bits per heavy atom. The summed E-state index contributed by atoms with van der Waals surface area (Å²) >= 11 is 0. The number of hydrogen-bond donors (Lipinski definition) is 0. The molecular weight excluding hydrogens is 196 g/mol. The first kappa shape index (κ1) is 10.6. The summed E-state index contributed by atoms with van der Waals surface area (Å²) in [5, 5.41) is 0. The lowest BCUT2D eigenvalue weighted by Crippen LogP contribution is -2.48. The van der Waals surface area contributed by atoms with E-state index in [1.54, 1.807) is 0 Å². The average molecular weight is 209 g/mol. The second-order valence-corrected chi connectivity index (χ2v) is 4.52. The maximum absolute atomic E-state index is 13.4. The van der Waals surface area contributed by atoms with Gasteiger partial charge in [-0.2, -0.15) is 0 Å². The third-order valence-corrected chi connectivity index (χ3v) is 2.30. The van der Waals surface area contributed by atoms with Gasteiger partial charge in [0.25, 0.3) is 0 Å². The van der Waals surface area contributed by atoms with E-state index in [0.717, 1.165) is 0 Å². The maximum Gasteiger partial charge on any atom is 0.498 e. The summed E-state index contributed by atoms with van der Waals surface area (Å²) in [6, 6.07) is 1.31. The van der Waals surface area contributed by atoms with Gasteiger partial charge in [-0.05, 0) is 6.07 Å². The molecule has 2 heterocycles. The average Bonchev–Trinajstić information content (AvgIpc) is 2.19. The molecule has 1 aliphatic heterocycles. The topological polar surface area (TPSA) is 31.4 Å². The normalized spacial score (nSPS) is 20.3. The van der Waals surface area contributed by atoms with E-state index in [2.05, 4.69) is 4.98 Å². The van der Waals surface area contributed by atoms with Crippen LogP contribution in [0.3, 0.4) is 0 Å². The molecule has 3 nitrogen and oxygen atoms in total. The molecule has 2 rings (SSSR count). The third kappa shape index (κ3) is 2.35. The van der Waals surface area contributed by atoms with Crippen molar-refractivity contribution in [3.8, 4) is 0 Å². The summed E-state index contributed by atoms with van der Waals surface area (Å²) in [5.74, 6) is -0.338. The predicted octanol–water partition coefficient (Wildman–Crippen LogP) is 0.989. The van der Waals surface area contributed by atoms with Crippen LogP contribution in [0.2, 0.25) is 0 Å². The lowest BCUT2D eigenvalue weighted by molar-refractivity contribution is 0.0340. The van der Waals surface area contributed by atoms with Crippen LogP contribution < -0.4 is 5.46 Å². The molecule has 0 radical (unpaired) electrons. The van der Waals surface area contributed by atoms with Crippen LogP contribution in [-0.4, -0.2) is 25.3 Å². The van der Waals surface area contributed by atoms with E-state index in [4.69, 9.17) is 9.31 Å². The fraction of sp³-hybridized carbons (Fsp3) is 0.500. The molecule has 0 spiro atoms. The first-order valence-electron chi connectivity index (χ1n) is 4.91. The highest BCUT2D eigenvalue weighted by Crippen LogP contribution is 2.21. The summed E-state index contributed by atoms with van der Waals surface area (Å²) in [6.45, 7) is 5.21. The van der Waals surface area contributed by atoms with Crippen LogP contribution in [0.25, 0.3) is 0 Å². The van der Waals surface area contributed by atoms with Crippen LogP contribution in [-0.2, 0) is 9.31 Å². The summed E-state index contributed by atoms with van der Waals surface area (Å²) < 4.78 is 24.3. The standard InChI is InChI=1S/C10H13BFNO2/c1-10(2)6-14-11(15-7-10)8-5-13-4-3-9(8)12/h3-5H,6-7H2,1-2H3. The zero-order valence-corrected chi connectivity index (χ0v) is 8.87. The van der Waals surface area contributed by atoms with Crippen LogP contribution in [0.4, 0.5) is 4.39 Å². The Balaban J connectivity index is 2.11. The van der Waals surface area contributed by atoms with Gasteiger partial charge in [-0.1, -0.05) is 13.8 Å². The molecule has 0 unspecified atom stereocenters. The van der Waals surface area contributed by atoms with Crippen molar-refractivity contribution in [1.29, 1.82) is 0 Å². The van der Waals surface area contributed by atoms with Gasteiger partial charge in [0.1, 0.15) is 5.82 Å². The molecule has 1 aromatic rings. The molecule has 0 N–H and O–H groups in total. The van der Waals surface area contributed by atoms with E-state index in [9.17, 15) is 4.39 Å². The largest absolute Gasteiger partial charge is 0.498 e. The van der Waals surface area contributed by atoms with Gasteiger partial charge < -0.3 is 9.31 Å². The summed E-state index contributed by atoms with van der Waals surface area (Å²) in [7, 11) is -0.619. The van der Waals surface area contributed by atoms with Crippen molar-refractivity contribution < 1.29 is 13.7 Å². The minimum Gasteiger partial charge on any atom is -0.407 e. The molecular formula is C10H13BFNO2. The second-order valence-electron chi connectivity index (χ2n) is 4.52. The fourth-order valence-electron chi connectivity index (χ4n) is 1.44. The summed E-state index contributed by atoms with van der Waals surface area (Å²) in [5.41, 5.74) is 0.364. The number of nitrogens with zero attached hydrogens (tertiary/aromatic N) is 1. The van der Waals surface area contributed by atoms with E-state index in [1.807, 2.05) is 13.8 Å². The Bertz CT molecular complexity index is 349. The van der Waals surface area contributed by atoms with Crippen molar-refractivity contribution in [2.45, 2.75) is 13.8 Å². The van der Waals surface area contributed by atoms with Crippen LogP contribution >= 0.6 is 0 Å². The molecule has 1 aliphatic rings. The molecule has 0 aromatic carbocycles. The van der Waals surface area contributed by atoms with Crippen LogP contribution in [0.15, 0.2) is 18.5 Å². The Morgan fingerprint density at radius 1 is 1.40 bits per heavy atom. The number of hydrogen-bond acceptors (Lipinski definition) is 3. The van der Waals surface area contributed by atoms with Gasteiger partial charge in [0.05, 0.1) is 0 Å². The SMILES string of the molecule is CC1(C)COB(c2cnccc2F)OC1. The van der Waals surface area contributed by atoms with Gasteiger partial charge in [-0.3, -0.25) is 4.98 Å². The molecule has 1 aromatic heterocycles. The molecule has 1 fully saturated rings. The fourth-order valence-corrected chi connectivity index (χ4v) is 1.44.